The Morgan fingerprint density at radius 1 is 1.50 bits per heavy atom. The van der Waals surface area contributed by atoms with Crippen LogP contribution in [0.2, 0.25) is 5.02 Å². The second kappa shape index (κ2) is 6.50. The Morgan fingerprint density at radius 2 is 2.33 bits per heavy atom. The molecule has 2 rings (SSSR count). The normalized spacial score (nSPS) is 19.7. The SMILES string of the molecule is CCCN(Cc1ccc(F)cc1Cl)C1CCNC1. The Morgan fingerprint density at radius 3 is 2.94 bits per heavy atom. The van der Waals surface area contributed by atoms with Gasteiger partial charge >= 0.3 is 0 Å². The molecule has 0 radical (unpaired) electrons. The molecule has 0 spiro atoms. The van der Waals surface area contributed by atoms with Gasteiger partial charge in [-0.3, -0.25) is 4.90 Å². The molecule has 0 aromatic heterocycles. The molecule has 1 aromatic rings. The summed E-state index contributed by atoms with van der Waals surface area (Å²) in [5.41, 5.74) is 1.01. The minimum atomic E-state index is -0.270. The van der Waals surface area contributed by atoms with Gasteiger partial charge in [0.05, 0.1) is 0 Å². The first kappa shape index (κ1) is 13.8. The lowest BCUT2D eigenvalue weighted by Gasteiger charge is -2.28. The van der Waals surface area contributed by atoms with Crippen molar-refractivity contribution in [2.75, 3.05) is 19.6 Å². The Kier molecular flexibility index (Phi) is 4.98. The van der Waals surface area contributed by atoms with Crippen LogP contribution in [-0.4, -0.2) is 30.6 Å². The summed E-state index contributed by atoms with van der Waals surface area (Å²) >= 11 is 6.10. The molecular formula is C14H20ClFN2. The van der Waals surface area contributed by atoms with Gasteiger partial charge in [-0.15, -0.1) is 0 Å². The summed E-state index contributed by atoms with van der Waals surface area (Å²) in [7, 11) is 0. The highest BCUT2D eigenvalue weighted by Crippen LogP contribution is 2.21. The number of hydrogen-bond donors (Lipinski definition) is 1. The monoisotopic (exact) mass is 270 g/mol. The summed E-state index contributed by atoms with van der Waals surface area (Å²) in [6.07, 6.45) is 2.30. The number of nitrogens with zero attached hydrogens (tertiary/aromatic N) is 1. The molecule has 1 unspecified atom stereocenters. The first-order chi connectivity index (χ1) is 8.70. The Hall–Kier alpha value is -0.640. The number of hydrogen-bond acceptors (Lipinski definition) is 2. The second-order valence-electron chi connectivity index (χ2n) is 4.85. The van der Waals surface area contributed by atoms with E-state index in [1.165, 1.54) is 18.6 Å². The molecule has 1 aromatic carbocycles. The van der Waals surface area contributed by atoms with E-state index < -0.39 is 0 Å². The van der Waals surface area contributed by atoms with Crippen LogP contribution in [-0.2, 0) is 6.54 Å². The van der Waals surface area contributed by atoms with Crippen LogP contribution in [0.15, 0.2) is 18.2 Å². The van der Waals surface area contributed by atoms with Crippen molar-refractivity contribution in [3.05, 3.63) is 34.6 Å². The lowest BCUT2D eigenvalue weighted by molar-refractivity contribution is 0.199. The summed E-state index contributed by atoms with van der Waals surface area (Å²) < 4.78 is 13.0. The van der Waals surface area contributed by atoms with Gasteiger partial charge in [0.2, 0.25) is 0 Å². The van der Waals surface area contributed by atoms with E-state index in [1.807, 2.05) is 0 Å². The van der Waals surface area contributed by atoms with Crippen molar-refractivity contribution >= 4 is 11.6 Å². The van der Waals surface area contributed by atoms with Crippen molar-refractivity contribution in [1.82, 2.24) is 10.2 Å². The van der Waals surface area contributed by atoms with Crippen LogP contribution in [0.3, 0.4) is 0 Å². The summed E-state index contributed by atoms with van der Waals surface area (Å²) in [6, 6.07) is 5.25. The van der Waals surface area contributed by atoms with Crippen molar-refractivity contribution in [3.8, 4) is 0 Å². The topological polar surface area (TPSA) is 15.3 Å². The quantitative estimate of drug-likeness (QED) is 0.885. The fraction of sp³-hybridized carbons (Fsp3) is 0.571. The highest BCUT2D eigenvalue weighted by molar-refractivity contribution is 6.31. The zero-order chi connectivity index (χ0) is 13.0. The molecule has 1 aliphatic rings. The summed E-state index contributed by atoms with van der Waals surface area (Å²) in [6.45, 7) is 6.17. The average molecular weight is 271 g/mol. The molecule has 0 aliphatic carbocycles. The van der Waals surface area contributed by atoms with Crippen molar-refractivity contribution in [2.24, 2.45) is 0 Å². The van der Waals surface area contributed by atoms with Crippen LogP contribution < -0.4 is 5.32 Å². The van der Waals surface area contributed by atoms with Crippen molar-refractivity contribution < 1.29 is 4.39 Å². The fourth-order valence-corrected chi connectivity index (χ4v) is 2.72. The molecule has 0 amide bonds. The zero-order valence-electron chi connectivity index (χ0n) is 10.8. The van der Waals surface area contributed by atoms with Crippen molar-refractivity contribution in [2.45, 2.75) is 32.4 Å². The maximum absolute atomic E-state index is 13.0. The zero-order valence-corrected chi connectivity index (χ0v) is 11.5. The predicted octanol–water partition coefficient (Wildman–Crippen LogP) is 3.05. The molecule has 1 N–H and O–H groups in total. The minimum Gasteiger partial charge on any atom is -0.315 e. The number of rotatable bonds is 5. The highest BCUT2D eigenvalue weighted by Gasteiger charge is 2.22. The maximum atomic E-state index is 13.0. The van der Waals surface area contributed by atoms with Gasteiger partial charge in [-0.05, 0) is 43.6 Å². The van der Waals surface area contributed by atoms with Gasteiger partial charge in [-0.1, -0.05) is 24.6 Å². The highest BCUT2D eigenvalue weighted by atomic mass is 35.5. The molecule has 0 saturated carbocycles. The number of nitrogens with one attached hydrogen (secondary N) is 1. The fourth-order valence-electron chi connectivity index (χ4n) is 2.50. The number of halogens is 2. The molecule has 18 heavy (non-hydrogen) atoms. The second-order valence-corrected chi connectivity index (χ2v) is 5.26. The van der Waals surface area contributed by atoms with Crippen molar-refractivity contribution in [1.29, 1.82) is 0 Å². The lowest BCUT2D eigenvalue weighted by Crippen LogP contribution is -2.37. The van der Waals surface area contributed by atoms with E-state index in [2.05, 4.69) is 17.1 Å². The van der Waals surface area contributed by atoms with Gasteiger partial charge in [0.15, 0.2) is 0 Å². The molecular weight excluding hydrogens is 251 g/mol. The maximum Gasteiger partial charge on any atom is 0.124 e. The summed E-state index contributed by atoms with van der Waals surface area (Å²) in [5, 5.41) is 3.92. The van der Waals surface area contributed by atoms with E-state index in [0.29, 0.717) is 11.1 Å². The average Bonchev–Trinajstić information content (AvgIpc) is 2.85. The molecule has 4 heteroatoms. The van der Waals surface area contributed by atoms with Gasteiger partial charge in [0.1, 0.15) is 5.82 Å². The molecule has 1 fully saturated rings. The Labute approximate surface area is 113 Å². The Balaban J connectivity index is 2.07. The molecule has 100 valence electrons. The third-order valence-corrected chi connectivity index (χ3v) is 3.80. The first-order valence-electron chi connectivity index (χ1n) is 6.59. The van der Waals surface area contributed by atoms with Crippen LogP contribution in [0.4, 0.5) is 4.39 Å². The molecule has 2 nitrogen and oxygen atoms in total. The molecule has 0 bridgehead atoms. The minimum absolute atomic E-state index is 0.270. The van der Waals surface area contributed by atoms with Crippen LogP contribution >= 0.6 is 11.6 Å². The molecule has 1 aliphatic heterocycles. The van der Waals surface area contributed by atoms with Gasteiger partial charge in [0.25, 0.3) is 0 Å². The third kappa shape index (κ3) is 3.44. The van der Waals surface area contributed by atoms with E-state index >= 15 is 0 Å². The van der Waals surface area contributed by atoms with Crippen LogP contribution in [0, 0.1) is 5.82 Å². The van der Waals surface area contributed by atoms with Crippen LogP contribution in [0.25, 0.3) is 0 Å². The largest absolute Gasteiger partial charge is 0.315 e. The van der Waals surface area contributed by atoms with Crippen molar-refractivity contribution in [3.63, 3.8) is 0 Å². The molecule has 1 heterocycles. The van der Waals surface area contributed by atoms with Gasteiger partial charge in [-0.2, -0.15) is 0 Å². The molecule has 1 atom stereocenters. The van der Waals surface area contributed by atoms with Gasteiger partial charge < -0.3 is 5.32 Å². The van der Waals surface area contributed by atoms with Gasteiger partial charge in [0, 0.05) is 24.2 Å². The van der Waals surface area contributed by atoms with E-state index in [9.17, 15) is 4.39 Å². The van der Waals surface area contributed by atoms with E-state index in [1.54, 1.807) is 6.07 Å². The predicted molar refractivity (Wildman–Crippen MR) is 73.4 cm³/mol. The number of benzene rings is 1. The standard InChI is InChI=1S/C14H20ClFN2/c1-2-7-18(13-5-6-17-9-13)10-11-3-4-12(16)8-14(11)15/h3-4,8,13,17H,2,5-7,9-10H2,1H3. The summed E-state index contributed by atoms with van der Waals surface area (Å²) in [4.78, 5) is 2.44. The smallest absolute Gasteiger partial charge is 0.124 e. The molecule has 1 saturated heterocycles. The third-order valence-electron chi connectivity index (χ3n) is 3.45. The van der Waals surface area contributed by atoms with E-state index in [4.69, 9.17) is 11.6 Å². The Bertz CT molecular complexity index is 391. The van der Waals surface area contributed by atoms with E-state index in [0.717, 1.165) is 38.2 Å². The lowest BCUT2D eigenvalue weighted by atomic mass is 10.1. The van der Waals surface area contributed by atoms with E-state index in [-0.39, 0.29) is 5.82 Å². The first-order valence-corrected chi connectivity index (χ1v) is 6.97. The van der Waals surface area contributed by atoms with Gasteiger partial charge in [-0.25, -0.2) is 4.39 Å². The summed E-state index contributed by atoms with van der Waals surface area (Å²) in [5.74, 6) is -0.270. The van der Waals surface area contributed by atoms with Crippen LogP contribution in [0.1, 0.15) is 25.3 Å². The van der Waals surface area contributed by atoms with Crippen LogP contribution in [0.5, 0.6) is 0 Å².